The first-order valence-corrected chi connectivity index (χ1v) is 11.5. The lowest BCUT2D eigenvalue weighted by atomic mass is 9.42. The van der Waals surface area contributed by atoms with Crippen molar-refractivity contribution in [2.45, 2.75) is 72.1 Å². The molecule has 0 spiro atoms. The number of allylic oxidation sites excluding steroid dienone is 2. The van der Waals surface area contributed by atoms with Crippen LogP contribution in [0.1, 0.15) is 77.8 Å². The molecule has 0 N–H and O–H groups in total. The molecule has 7 atom stereocenters. The maximum Gasteiger partial charge on any atom is 0.133 e. The number of ketones is 1. The van der Waals surface area contributed by atoms with Gasteiger partial charge in [0.1, 0.15) is 12.1 Å². The van der Waals surface area contributed by atoms with Crippen LogP contribution < -0.4 is 0 Å². The lowest BCUT2D eigenvalue weighted by Crippen LogP contribution is -2.56. The SMILES string of the molecule is CC[C@H]1CC2CC(=O)CC[C@]2(C)[C@H]2CC[C@]3(C)C(c4ccncn4)=CC[C@H]3[C@H]12. The van der Waals surface area contributed by atoms with Crippen LogP contribution in [0, 0.1) is 40.4 Å². The molecule has 3 heteroatoms. The summed E-state index contributed by atoms with van der Waals surface area (Å²) < 4.78 is 0. The standard InChI is InChI=1S/C25H34N2O/c1-4-16-13-17-14-18(28)7-10-24(17,2)21-8-11-25(3)19(5-6-20(25)23(16)21)22-9-12-26-15-27-22/h5,9,12,15-17,20-21,23H,4,6-8,10-11,13-14H2,1-3H3/t16-,17?,20-,21-,23-,24-,25+/m0/s1. The first-order chi connectivity index (χ1) is 13.5. The average Bonchev–Trinajstić information content (AvgIpc) is 3.06. The van der Waals surface area contributed by atoms with Crippen molar-refractivity contribution in [2.75, 3.05) is 0 Å². The molecule has 1 aromatic rings. The van der Waals surface area contributed by atoms with Crippen LogP contribution in [0.5, 0.6) is 0 Å². The Bertz CT molecular complexity index is 802. The van der Waals surface area contributed by atoms with Crippen molar-refractivity contribution >= 4 is 11.4 Å². The van der Waals surface area contributed by atoms with E-state index in [0.29, 0.717) is 17.1 Å². The smallest absolute Gasteiger partial charge is 0.133 e. The predicted octanol–water partition coefficient (Wildman–Crippen LogP) is 5.72. The van der Waals surface area contributed by atoms with Gasteiger partial charge in [-0.1, -0.05) is 33.3 Å². The van der Waals surface area contributed by atoms with Gasteiger partial charge in [0, 0.05) is 19.0 Å². The summed E-state index contributed by atoms with van der Waals surface area (Å²) in [5, 5.41) is 0. The highest BCUT2D eigenvalue weighted by Gasteiger charge is 2.61. The molecule has 0 radical (unpaired) electrons. The van der Waals surface area contributed by atoms with Gasteiger partial charge in [0.25, 0.3) is 0 Å². The molecule has 0 aromatic carbocycles. The zero-order chi connectivity index (χ0) is 19.5. The molecule has 3 nitrogen and oxygen atoms in total. The van der Waals surface area contributed by atoms with E-state index in [9.17, 15) is 4.79 Å². The van der Waals surface area contributed by atoms with Crippen LogP contribution in [0.4, 0.5) is 0 Å². The van der Waals surface area contributed by atoms with Crippen LogP contribution >= 0.6 is 0 Å². The van der Waals surface area contributed by atoms with Crippen LogP contribution in [0.25, 0.3) is 5.57 Å². The van der Waals surface area contributed by atoms with Gasteiger partial charge in [-0.15, -0.1) is 0 Å². The number of fused-ring (bicyclic) bond motifs is 5. The summed E-state index contributed by atoms with van der Waals surface area (Å²) in [6.45, 7) is 7.44. The molecule has 1 heterocycles. The predicted molar refractivity (Wildman–Crippen MR) is 111 cm³/mol. The van der Waals surface area contributed by atoms with E-state index >= 15 is 0 Å². The van der Waals surface area contributed by atoms with Crippen molar-refractivity contribution in [3.8, 4) is 0 Å². The fraction of sp³-hybridized carbons (Fsp3) is 0.720. The van der Waals surface area contributed by atoms with E-state index in [0.717, 1.165) is 48.6 Å². The molecule has 28 heavy (non-hydrogen) atoms. The Kier molecular flexibility index (Phi) is 4.30. The molecule has 1 aromatic heterocycles. The molecule has 1 unspecified atom stereocenters. The second kappa shape index (κ2) is 6.50. The number of hydrogen-bond acceptors (Lipinski definition) is 3. The van der Waals surface area contributed by atoms with Gasteiger partial charge in [-0.05, 0) is 84.2 Å². The van der Waals surface area contributed by atoms with Gasteiger partial charge in [0.15, 0.2) is 0 Å². The van der Waals surface area contributed by atoms with E-state index in [-0.39, 0.29) is 5.41 Å². The van der Waals surface area contributed by atoms with Crippen molar-refractivity contribution in [2.24, 2.45) is 40.4 Å². The number of carbonyl (C=O) groups is 1. The van der Waals surface area contributed by atoms with E-state index in [1.807, 2.05) is 6.20 Å². The summed E-state index contributed by atoms with van der Waals surface area (Å²) in [7, 11) is 0. The molecular weight excluding hydrogens is 344 g/mol. The zero-order valence-electron chi connectivity index (χ0n) is 17.7. The number of rotatable bonds is 2. The van der Waals surface area contributed by atoms with E-state index in [1.165, 1.54) is 37.7 Å². The average molecular weight is 379 g/mol. The third-order valence-corrected chi connectivity index (χ3v) is 9.62. The van der Waals surface area contributed by atoms with Gasteiger partial charge in [0.2, 0.25) is 0 Å². The molecule has 0 saturated heterocycles. The van der Waals surface area contributed by atoms with Gasteiger partial charge < -0.3 is 0 Å². The highest BCUT2D eigenvalue weighted by molar-refractivity contribution is 5.79. The van der Waals surface area contributed by atoms with Crippen LogP contribution in [0.3, 0.4) is 0 Å². The Balaban J connectivity index is 1.50. The second-order valence-electron chi connectivity index (χ2n) is 10.5. The van der Waals surface area contributed by atoms with E-state index < -0.39 is 0 Å². The fourth-order valence-corrected chi connectivity index (χ4v) is 8.07. The van der Waals surface area contributed by atoms with E-state index in [1.54, 1.807) is 6.33 Å². The summed E-state index contributed by atoms with van der Waals surface area (Å²) in [6.07, 6.45) is 15.2. The molecule has 0 bridgehead atoms. The molecular formula is C25H34N2O. The Labute approximate surface area is 169 Å². The summed E-state index contributed by atoms with van der Waals surface area (Å²) in [6, 6.07) is 2.09. The molecule has 150 valence electrons. The molecule has 0 aliphatic heterocycles. The first-order valence-electron chi connectivity index (χ1n) is 11.5. The van der Waals surface area contributed by atoms with Crippen molar-refractivity contribution in [1.82, 2.24) is 9.97 Å². The Hall–Kier alpha value is -1.51. The summed E-state index contributed by atoms with van der Waals surface area (Å²) >= 11 is 0. The maximum atomic E-state index is 12.2. The topological polar surface area (TPSA) is 42.9 Å². The maximum absolute atomic E-state index is 12.2. The summed E-state index contributed by atoms with van der Waals surface area (Å²) in [4.78, 5) is 21.0. The van der Waals surface area contributed by atoms with Gasteiger partial charge in [-0.2, -0.15) is 0 Å². The normalized spacial score (nSPS) is 45.0. The summed E-state index contributed by atoms with van der Waals surface area (Å²) in [5.74, 6) is 4.24. The monoisotopic (exact) mass is 378 g/mol. The molecule has 0 amide bonds. The Morgan fingerprint density at radius 1 is 1.21 bits per heavy atom. The van der Waals surface area contributed by atoms with E-state index in [4.69, 9.17) is 0 Å². The van der Waals surface area contributed by atoms with Crippen LogP contribution in [0.15, 0.2) is 24.7 Å². The number of hydrogen-bond donors (Lipinski definition) is 0. The first kappa shape index (κ1) is 18.5. The molecule has 5 rings (SSSR count). The fourth-order valence-electron chi connectivity index (χ4n) is 8.07. The lowest BCUT2D eigenvalue weighted by molar-refractivity contribution is -0.146. The van der Waals surface area contributed by atoms with Crippen molar-refractivity contribution < 1.29 is 4.79 Å². The zero-order valence-corrected chi connectivity index (χ0v) is 17.7. The molecule has 3 fully saturated rings. The number of nitrogens with zero attached hydrogens (tertiary/aromatic N) is 2. The number of Topliss-reactive ketones (excluding diaryl/α,β-unsaturated/α-hetero) is 1. The van der Waals surface area contributed by atoms with E-state index in [2.05, 4.69) is 42.9 Å². The molecule has 4 aliphatic carbocycles. The molecule has 3 saturated carbocycles. The van der Waals surface area contributed by atoms with Crippen molar-refractivity contribution in [3.05, 3.63) is 30.4 Å². The molecule has 4 aliphatic rings. The van der Waals surface area contributed by atoms with Crippen molar-refractivity contribution in [1.29, 1.82) is 0 Å². The quantitative estimate of drug-likeness (QED) is 0.661. The Morgan fingerprint density at radius 3 is 2.82 bits per heavy atom. The van der Waals surface area contributed by atoms with Crippen LogP contribution in [-0.4, -0.2) is 15.8 Å². The third kappa shape index (κ3) is 2.50. The summed E-state index contributed by atoms with van der Waals surface area (Å²) in [5.41, 5.74) is 3.23. The highest BCUT2D eigenvalue weighted by atomic mass is 16.1. The number of aromatic nitrogens is 2. The van der Waals surface area contributed by atoms with Gasteiger partial charge in [0.05, 0.1) is 5.69 Å². The minimum absolute atomic E-state index is 0.247. The minimum atomic E-state index is 0.247. The second-order valence-corrected chi connectivity index (χ2v) is 10.5. The van der Waals surface area contributed by atoms with Crippen molar-refractivity contribution in [3.63, 3.8) is 0 Å². The van der Waals surface area contributed by atoms with Gasteiger partial charge in [-0.3, -0.25) is 4.79 Å². The highest BCUT2D eigenvalue weighted by Crippen LogP contribution is 2.68. The number of carbonyl (C=O) groups excluding carboxylic acids is 1. The van der Waals surface area contributed by atoms with Gasteiger partial charge >= 0.3 is 0 Å². The van der Waals surface area contributed by atoms with Crippen LogP contribution in [-0.2, 0) is 4.79 Å². The lowest BCUT2D eigenvalue weighted by Gasteiger charge is -2.62. The van der Waals surface area contributed by atoms with Crippen LogP contribution in [0.2, 0.25) is 0 Å². The largest absolute Gasteiger partial charge is 0.300 e. The Morgan fingerprint density at radius 2 is 2.07 bits per heavy atom. The minimum Gasteiger partial charge on any atom is -0.300 e. The van der Waals surface area contributed by atoms with Gasteiger partial charge in [-0.25, -0.2) is 9.97 Å². The third-order valence-electron chi connectivity index (χ3n) is 9.62.